The van der Waals surface area contributed by atoms with Gasteiger partial charge in [0.15, 0.2) is 0 Å². The van der Waals surface area contributed by atoms with Gasteiger partial charge < -0.3 is 10.4 Å². The van der Waals surface area contributed by atoms with E-state index in [9.17, 15) is 4.79 Å². The lowest BCUT2D eigenvalue weighted by molar-refractivity contribution is 0.0696. The number of hydrogen-bond acceptors (Lipinski definition) is 2. The van der Waals surface area contributed by atoms with E-state index in [2.05, 4.69) is 23.3 Å². The Bertz CT molecular complexity index is 693. The molecule has 0 aliphatic carbocycles. The molecule has 0 amide bonds. The largest absolute Gasteiger partial charge is 0.478 e. The highest BCUT2D eigenvalue weighted by molar-refractivity contribution is 5.90. The smallest absolute Gasteiger partial charge is 0.335 e. The molecule has 0 atom stereocenters. The van der Waals surface area contributed by atoms with Gasteiger partial charge in [-0.25, -0.2) is 9.79 Å². The summed E-state index contributed by atoms with van der Waals surface area (Å²) >= 11 is 0. The normalized spacial score (nSPS) is 10.8. The second-order valence-corrected chi connectivity index (χ2v) is 4.92. The highest BCUT2D eigenvalue weighted by atomic mass is 16.4. The van der Waals surface area contributed by atoms with Crippen LogP contribution in [0.3, 0.4) is 0 Å². The SMILES string of the molecule is CCc1ccccc1N=CNc1ccc(C(=O)O)c(CC)c1. The minimum absolute atomic E-state index is 0.348. The van der Waals surface area contributed by atoms with Crippen molar-refractivity contribution in [1.29, 1.82) is 0 Å². The van der Waals surface area contributed by atoms with Crippen molar-refractivity contribution >= 4 is 23.7 Å². The lowest BCUT2D eigenvalue weighted by Gasteiger charge is -2.07. The zero-order valence-electron chi connectivity index (χ0n) is 12.8. The van der Waals surface area contributed by atoms with Crippen molar-refractivity contribution in [2.75, 3.05) is 5.32 Å². The zero-order valence-corrected chi connectivity index (χ0v) is 12.8. The number of nitrogens with zero attached hydrogens (tertiary/aromatic N) is 1. The van der Waals surface area contributed by atoms with Crippen molar-refractivity contribution in [2.45, 2.75) is 26.7 Å². The molecule has 0 heterocycles. The molecule has 0 fully saturated rings. The molecule has 2 aromatic carbocycles. The van der Waals surface area contributed by atoms with E-state index in [4.69, 9.17) is 5.11 Å². The fourth-order valence-electron chi connectivity index (χ4n) is 2.30. The summed E-state index contributed by atoms with van der Waals surface area (Å²) in [6, 6.07) is 13.2. The van der Waals surface area contributed by atoms with Crippen molar-refractivity contribution in [2.24, 2.45) is 4.99 Å². The van der Waals surface area contributed by atoms with Crippen LogP contribution in [0.1, 0.15) is 35.3 Å². The quantitative estimate of drug-likeness (QED) is 0.617. The maximum atomic E-state index is 11.1. The lowest BCUT2D eigenvalue weighted by atomic mass is 10.0. The molecule has 0 unspecified atom stereocenters. The molecule has 0 radical (unpaired) electrons. The summed E-state index contributed by atoms with van der Waals surface area (Å²) in [6.45, 7) is 4.04. The number of carboxylic acid groups (broad SMARTS) is 1. The molecule has 2 rings (SSSR count). The Morgan fingerprint density at radius 3 is 2.55 bits per heavy atom. The molecule has 114 valence electrons. The Labute approximate surface area is 130 Å². The average molecular weight is 296 g/mol. The molecular weight excluding hydrogens is 276 g/mol. The van der Waals surface area contributed by atoms with E-state index < -0.39 is 5.97 Å². The molecule has 0 bridgehead atoms. The van der Waals surface area contributed by atoms with Gasteiger partial charge in [0.1, 0.15) is 0 Å². The summed E-state index contributed by atoms with van der Waals surface area (Å²) in [5, 5.41) is 12.2. The van der Waals surface area contributed by atoms with Gasteiger partial charge in [0.25, 0.3) is 0 Å². The highest BCUT2D eigenvalue weighted by Gasteiger charge is 2.08. The van der Waals surface area contributed by atoms with Crippen LogP contribution in [-0.4, -0.2) is 17.4 Å². The molecule has 4 nitrogen and oxygen atoms in total. The van der Waals surface area contributed by atoms with Gasteiger partial charge in [-0.1, -0.05) is 32.0 Å². The number of nitrogens with one attached hydrogen (secondary N) is 1. The fraction of sp³-hybridized carbons (Fsp3) is 0.222. The zero-order chi connectivity index (χ0) is 15.9. The van der Waals surface area contributed by atoms with Crippen LogP contribution < -0.4 is 5.32 Å². The number of aliphatic imine (C=N–C) groups is 1. The number of para-hydroxylation sites is 1. The summed E-state index contributed by atoms with van der Waals surface area (Å²) in [7, 11) is 0. The minimum Gasteiger partial charge on any atom is -0.478 e. The molecule has 0 spiro atoms. The van der Waals surface area contributed by atoms with Gasteiger partial charge in [0.2, 0.25) is 0 Å². The molecule has 22 heavy (non-hydrogen) atoms. The van der Waals surface area contributed by atoms with Crippen LogP contribution in [0, 0.1) is 0 Å². The number of carbonyl (C=O) groups is 1. The molecule has 0 saturated carbocycles. The highest BCUT2D eigenvalue weighted by Crippen LogP contribution is 2.19. The molecule has 0 aliphatic rings. The monoisotopic (exact) mass is 296 g/mol. The molecule has 2 aromatic rings. The van der Waals surface area contributed by atoms with Crippen LogP contribution in [0.25, 0.3) is 0 Å². The van der Waals surface area contributed by atoms with E-state index in [0.717, 1.165) is 23.4 Å². The summed E-state index contributed by atoms with van der Waals surface area (Å²) in [5.74, 6) is -0.894. The summed E-state index contributed by atoms with van der Waals surface area (Å²) in [4.78, 5) is 15.5. The predicted molar refractivity (Wildman–Crippen MR) is 90.4 cm³/mol. The molecule has 0 aliphatic heterocycles. The minimum atomic E-state index is -0.894. The number of carboxylic acids is 1. The molecule has 4 heteroatoms. The topological polar surface area (TPSA) is 61.7 Å². The third-order valence-corrected chi connectivity index (χ3v) is 3.52. The maximum absolute atomic E-state index is 11.1. The second kappa shape index (κ2) is 7.41. The van der Waals surface area contributed by atoms with Gasteiger partial charge in [0, 0.05) is 5.69 Å². The molecule has 0 aromatic heterocycles. The third-order valence-electron chi connectivity index (χ3n) is 3.52. The third kappa shape index (κ3) is 3.73. The Morgan fingerprint density at radius 1 is 1.14 bits per heavy atom. The number of aryl methyl sites for hydroxylation is 2. The predicted octanol–water partition coefficient (Wildman–Crippen LogP) is 4.28. The standard InChI is InChI=1S/C18H20N2O2/c1-3-13-7-5-6-8-17(13)20-12-19-15-9-10-16(18(21)22)14(4-2)11-15/h5-12H,3-4H2,1-2H3,(H,19,20)(H,21,22). The first-order valence-electron chi connectivity index (χ1n) is 7.38. The number of benzene rings is 2. The Balaban J connectivity index is 2.14. The average Bonchev–Trinajstić information content (AvgIpc) is 2.54. The van der Waals surface area contributed by atoms with Crippen LogP contribution in [-0.2, 0) is 12.8 Å². The van der Waals surface area contributed by atoms with Gasteiger partial charge in [-0.2, -0.15) is 0 Å². The van der Waals surface area contributed by atoms with E-state index in [0.29, 0.717) is 12.0 Å². The van der Waals surface area contributed by atoms with Crippen LogP contribution in [0.15, 0.2) is 47.5 Å². The van der Waals surface area contributed by atoms with Crippen molar-refractivity contribution in [3.63, 3.8) is 0 Å². The second-order valence-electron chi connectivity index (χ2n) is 4.92. The Kier molecular flexibility index (Phi) is 5.31. The number of aromatic carboxylic acids is 1. The maximum Gasteiger partial charge on any atom is 0.335 e. The van der Waals surface area contributed by atoms with Gasteiger partial charge >= 0.3 is 5.97 Å². The fourth-order valence-corrected chi connectivity index (χ4v) is 2.30. The first-order valence-corrected chi connectivity index (χ1v) is 7.38. The summed E-state index contributed by atoms with van der Waals surface area (Å²) in [5.41, 5.74) is 4.12. The first kappa shape index (κ1) is 15.8. The van der Waals surface area contributed by atoms with Crippen LogP contribution in [0.5, 0.6) is 0 Å². The van der Waals surface area contributed by atoms with Gasteiger partial charge in [0.05, 0.1) is 17.6 Å². The van der Waals surface area contributed by atoms with E-state index in [-0.39, 0.29) is 0 Å². The summed E-state index contributed by atoms with van der Waals surface area (Å²) in [6.07, 6.45) is 3.25. The van der Waals surface area contributed by atoms with E-state index >= 15 is 0 Å². The molecule has 0 saturated heterocycles. The number of hydrogen-bond donors (Lipinski definition) is 2. The molecule has 2 N–H and O–H groups in total. The van der Waals surface area contributed by atoms with Crippen LogP contribution in [0.2, 0.25) is 0 Å². The van der Waals surface area contributed by atoms with Crippen molar-refractivity contribution < 1.29 is 9.90 Å². The van der Waals surface area contributed by atoms with Crippen molar-refractivity contribution in [3.05, 3.63) is 59.2 Å². The van der Waals surface area contributed by atoms with E-state index in [1.165, 1.54) is 5.56 Å². The first-order chi connectivity index (χ1) is 10.7. The molecular formula is C18H20N2O2. The van der Waals surface area contributed by atoms with Crippen LogP contribution in [0.4, 0.5) is 11.4 Å². The Hall–Kier alpha value is -2.62. The van der Waals surface area contributed by atoms with E-state index in [1.54, 1.807) is 18.5 Å². The van der Waals surface area contributed by atoms with Gasteiger partial charge in [-0.15, -0.1) is 0 Å². The van der Waals surface area contributed by atoms with E-state index in [1.807, 2.05) is 31.2 Å². The number of anilines is 1. The van der Waals surface area contributed by atoms with Crippen LogP contribution >= 0.6 is 0 Å². The Morgan fingerprint density at radius 2 is 1.86 bits per heavy atom. The number of rotatable bonds is 6. The van der Waals surface area contributed by atoms with Crippen molar-refractivity contribution in [1.82, 2.24) is 0 Å². The summed E-state index contributed by atoms with van der Waals surface area (Å²) < 4.78 is 0. The van der Waals surface area contributed by atoms with Gasteiger partial charge in [-0.3, -0.25) is 0 Å². The van der Waals surface area contributed by atoms with Gasteiger partial charge in [-0.05, 0) is 48.2 Å². The lowest BCUT2D eigenvalue weighted by Crippen LogP contribution is -2.03. The van der Waals surface area contributed by atoms with Crippen molar-refractivity contribution in [3.8, 4) is 0 Å².